The van der Waals surface area contributed by atoms with Crippen LogP contribution in [0.4, 0.5) is 0 Å². The molecule has 0 saturated carbocycles. The Bertz CT molecular complexity index is 302. The van der Waals surface area contributed by atoms with E-state index in [4.69, 9.17) is 5.73 Å². The Morgan fingerprint density at radius 2 is 2.00 bits per heavy atom. The lowest BCUT2D eigenvalue weighted by Crippen LogP contribution is -2.23. The lowest BCUT2D eigenvalue weighted by atomic mass is 10.0. The minimum atomic E-state index is -0.550. The van der Waals surface area contributed by atoms with Gasteiger partial charge in [-0.1, -0.05) is 31.9 Å². The Kier molecular flexibility index (Phi) is 3.91. The molecule has 0 aromatic heterocycles. The summed E-state index contributed by atoms with van der Waals surface area (Å²) >= 11 is 6.74. The lowest BCUT2D eigenvalue weighted by molar-refractivity contribution is 0.164. The van der Waals surface area contributed by atoms with Gasteiger partial charge in [0, 0.05) is 8.95 Å². The van der Waals surface area contributed by atoms with Gasteiger partial charge < -0.3 is 10.8 Å². The van der Waals surface area contributed by atoms with Crippen molar-refractivity contribution in [1.29, 1.82) is 0 Å². The second-order valence-corrected chi connectivity index (χ2v) is 4.70. The molecule has 2 nitrogen and oxygen atoms in total. The molecule has 0 bridgehead atoms. The van der Waals surface area contributed by atoms with Crippen LogP contribution >= 0.6 is 31.9 Å². The van der Waals surface area contributed by atoms with Gasteiger partial charge in [-0.15, -0.1) is 0 Å². The molecule has 0 fully saturated rings. The molecule has 2 atom stereocenters. The number of aliphatic hydroxyl groups is 1. The van der Waals surface area contributed by atoms with Gasteiger partial charge in [0.2, 0.25) is 0 Å². The highest BCUT2D eigenvalue weighted by Gasteiger charge is 2.14. The average Bonchev–Trinajstić information content (AvgIpc) is 2.08. The van der Waals surface area contributed by atoms with Gasteiger partial charge in [0.25, 0.3) is 0 Å². The molecule has 0 spiro atoms. The summed E-state index contributed by atoms with van der Waals surface area (Å²) in [5.41, 5.74) is 6.71. The molecule has 1 rings (SSSR count). The maximum absolute atomic E-state index is 9.33. The zero-order valence-electron chi connectivity index (χ0n) is 7.17. The number of aliphatic hydroxyl groups excluding tert-OH is 1. The molecule has 0 amide bonds. The summed E-state index contributed by atoms with van der Waals surface area (Å²) in [5.74, 6) is 0. The van der Waals surface area contributed by atoms with Gasteiger partial charge in [-0.25, -0.2) is 0 Å². The van der Waals surface area contributed by atoms with Crippen LogP contribution in [0, 0.1) is 0 Å². The predicted molar refractivity (Wildman–Crippen MR) is 60.5 cm³/mol. The molecular weight excluding hydrogens is 298 g/mol. The number of hydrogen-bond donors (Lipinski definition) is 2. The van der Waals surface area contributed by atoms with Crippen LogP contribution in [0.5, 0.6) is 0 Å². The van der Waals surface area contributed by atoms with Gasteiger partial charge in [-0.05, 0) is 30.7 Å². The smallest absolute Gasteiger partial charge is 0.0705 e. The van der Waals surface area contributed by atoms with Crippen LogP contribution in [0.1, 0.15) is 18.5 Å². The van der Waals surface area contributed by atoms with Gasteiger partial charge in [-0.3, -0.25) is 0 Å². The Morgan fingerprint density at radius 1 is 1.38 bits per heavy atom. The quantitative estimate of drug-likeness (QED) is 0.882. The monoisotopic (exact) mass is 307 g/mol. The lowest BCUT2D eigenvalue weighted by Gasteiger charge is -2.16. The Labute approximate surface area is 94.4 Å². The molecule has 13 heavy (non-hydrogen) atoms. The topological polar surface area (TPSA) is 46.2 Å². The van der Waals surface area contributed by atoms with Crippen molar-refractivity contribution in [3.05, 3.63) is 32.7 Å². The van der Waals surface area contributed by atoms with E-state index in [1.807, 2.05) is 18.2 Å². The van der Waals surface area contributed by atoms with Crippen LogP contribution in [-0.2, 0) is 0 Å². The van der Waals surface area contributed by atoms with Crippen molar-refractivity contribution in [3.8, 4) is 0 Å². The Balaban J connectivity index is 3.05. The molecule has 0 saturated heterocycles. The fraction of sp³-hybridized carbons (Fsp3) is 0.333. The number of hydrogen-bond acceptors (Lipinski definition) is 2. The summed E-state index contributed by atoms with van der Waals surface area (Å²) in [6.45, 7) is 1.68. The maximum atomic E-state index is 9.33. The van der Waals surface area contributed by atoms with E-state index in [0.29, 0.717) is 0 Å². The molecule has 1 aromatic carbocycles. The molecule has 0 aliphatic carbocycles. The fourth-order valence-electron chi connectivity index (χ4n) is 1.03. The summed E-state index contributed by atoms with van der Waals surface area (Å²) < 4.78 is 1.88. The van der Waals surface area contributed by atoms with Gasteiger partial charge in [0.05, 0.1) is 12.1 Å². The molecule has 0 heterocycles. The summed E-state index contributed by atoms with van der Waals surface area (Å²) in [6, 6.07) is 5.37. The minimum Gasteiger partial charge on any atom is -0.391 e. The van der Waals surface area contributed by atoms with E-state index in [2.05, 4.69) is 31.9 Å². The highest BCUT2D eigenvalue weighted by atomic mass is 79.9. The zero-order valence-corrected chi connectivity index (χ0v) is 10.3. The third kappa shape index (κ3) is 2.77. The first kappa shape index (κ1) is 11.2. The SMILES string of the molecule is C[C@H](O)[C@@H](N)c1cc(Br)ccc1Br. The van der Waals surface area contributed by atoms with Crippen LogP contribution in [0.15, 0.2) is 27.1 Å². The largest absolute Gasteiger partial charge is 0.391 e. The Morgan fingerprint density at radius 3 is 2.54 bits per heavy atom. The highest BCUT2D eigenvalue weighted by molar-refractivity contribution is 9.11. The van der Waals surface area contributed by atoms with Gasteiger partial charge in [-0.2, -0.15) is 0 Å². The second-order valence-electron chi connectivity index (χ2n) is 2.93. The van der Waals surface area contributed by atoms with Crippen molar-refractivity contribution in [1.82, 2.24) is 0 Å². The summed E-state index contributed by atoms with van der Waals surface area (Å²) in [4.78, 5) is 0. The molecule has 0 aliphatic rings. The number of rotatable bonds is 2. The number of benzene rings is 1. The van der Waals surface area contributed by atoms with Gasteiger partial charge in [0.15, 0.2) is 0 Å². The number of halogens is 2. The summed E-state index contributed by atoms with van der Waals surface area (Å²) in [7, 11) is 0. The third-order valence-corrected chi connectivity index (χ3v) is 3.05. The van der Waals surface area contributed by atoms with Crippen molar-refractivity contribution in [2.45, 2.75) is 19.1 Å². The van der Waals surface area contributed by atoms with E-state index in [-0.39, 0.29) is 6.04 Å². The molecule has 1 aromatic rings. The van der Waals surface area contributed by atoms with Crippen molar-refractivity contribution < 1.29 is 5.11 Å². The van der Waals surface area contributed by atoms with Crippen LogP contribution in [0.25, 0.3) is 0 Å². The fourth-order valence-corrected chi connectivity index (χ4v) is 1.92. The highest BCUT2D eigenvalue weighted by Crippen LogP contribution is 2.27. The third-order valence-electron chi connectivity index (χ3n) is 1.84. The van der Waals surface area contributed by atoms with Gasteiger partial charge >= 0.3 is 0 Å². The van der Waals surface area contributed by atoms with Crippen molar-refractivity contribution >= 4 is 31.9 Å². The predicted octanol–water partition coefficient (Wildman–Crippen LogP) is 2.59. The molecule has 0 unspecified atom stereocenters. The van der Waals surface area contributed by atoms with E-state index in [1.54, 1.807) is 6.92 Å². The normalized spacial score (nSPS) is 15.5. The first-order valence-electron chi connectivity index (χ1n) is 3.91. The van der Waals surface area contributed by atoms with E-state index >= 15 is 0 Å². The van der Waals surface area contributed by atoms with Crippen LogP contribution in [-0.4, -0.2) is 11.2 Å². The first-order chi connectivity index (χ1) is 6.02. The number of nitrogens with two attached hydrogens (primary N) is 1. The van der Waals surface area contributed by atoms with Crippen LogP contribution in [0.2, 0.25) is 0 Å². The average molecular weight is 309 g/mol. The minimum absolute atomic E-state index is 0.355. The van der Waals surface area contributed by atoms with E-state index in [9.17, 15) is 5.11 Å². The van der Waals surface area contributed by atoms with Crippen molar-refractivity contribution in [2.24, 2.45) is 5.73 Å². The first-order valence-corrected chi connectivity index (χ1v) is 5.49. The summed E-state index contributed by atoms with van der Waals surface area (Å²) in [6.07, 6.45) is -0.550. The van der Waals surface area contributed by atoms with Crippen LogP contribution < -0.4 is 5.73 Å². The second kappa shape index (κ2) is 4.55. The zero-order chi connectivity index (χ0) is 10.0. The maximum Gasteiger partial charge on any atom is 0.0705 e. The van der Waals surface area contributed by atoms with Gasteiger partial charge in [0.1, 0.15) is 0 Å². The standard InChI is InChI=1S/C9H11Br2NO/c1-5(13)9(12)7-4-6(10)2-3-8(7)11/h2-5,9,13H,12H2,1H3/t5-,9+/m0/s1. The molecule has 4 heteroatoms. The molecule has 0 radical (unpaired) electrons. The van der Waals surface area contributed by atoms with Crippen molar-refractivity contribution in [3.63, 3.8) is 0 Å². The molecular formula is C9H11Br2NO. The molecule has 0 aliphatic heterocycles. The molecule has 72 valence electrons. The van der Waals surface area contributed by atoms with E-state index < -0.39 is 6.10 Å². The van der Waals surface area contributed by atoms with Crippen molar-refractivity contribution in [2.75, 3.05) is 0 Å². The summed E-state index contributed by atoms with van der Waals surface area (Å²) in [5, 5.41) is 9.33. The molecule has 3 N–H and O–H groups in total. The van der Waals surface area contributed by atoms with Crippen LogP contribution in [0.3, 0.4) is 0 Å². The van der Waals surface area contributed by atoms with E-state index in [1.165, 1.54) is 0 Å². The van der Waals surface area contributed by atoms with E-state index in [0.717, 1.165) is 14.5 Å². The Hall–Kier alpha value is 0.1000.